The summed E-state index contributed by atoms with van der Waals surface area (Å²) in [6.07, 6.45) is 8.76. The van der Waals surface area contributed by atoms with E-state index in [1.807, 2.05) is 6.08 Å². The van der Waals surface area contributed by atoms with Crippen molar-refractivity contribution in [3.63, 3.8) is 0 Å². The summed E-state index contributed by atoms with van der Waals surface area (Å²) in [4.78, 5) is 10.9. The Kier molecular flexibility index (Phi) is 8.02. The second-order valence-corrected chi connectivity index (χ2v) is 2.90. The van der Waals surface area contributed by atoms with Crippen molar-refractivity contribution in [3.05, 3.63) is 12.2 Å². The van der Waals surface area contributed by atoms with Crippen molar-refractivity contribution < 1.29 is 4.79 Å². The lowest BCUT2D eigenvalue weighted by molar-refractivity contribution is -0.114. The van der Waals surface area contributed by atoms with Crippen LogP contribution in [0.3, 0.4) is 0 Å². The van der Waals surface area contributed by atoms with Crippen molar-refractivity contribution in [2.24, 2.45) is 5.73 Å². The third-order valence-corrected chi connectivity index (χ3v) is 1.67. The Morgan fingerprint density at radius 1 is 1.42 bits per heavy atom. The maximum atomic E-state index is 10.9. The lowest BCUT2D eigenvalue weighted by atomic mass is 10.2. The van der Waals surface area contributed by atoms with Gasteiger partial charge in [-0.05, 0) is 25.5 Å². The Morgan fingerprint density at radius 3 is 2.75 bits per heavy atom. The predicted octanol–water partition coefficient (Wildman–Crippen LogP) is 2.04. The summed E-state index contributed by atoms with van der Waals surface area (Å²) in [6.45, 7) is 2.63. The maximum absolute atomic E-state index is 10.9. The minimum Gasteiger partial charge on any atom is -0.330 e. The number of allylic oxidation sites excluding steroid dienone is 2. The Balaban J connectivity index is 3.29. The van der Waals surface area contributed by atoms with Crippen molar-refractivity contribution in [1.82, 2.24) is 0 Å². The largest absolute Gasteiger partial charge is 0.330 e. The van der Waals surface area contributed by atoms with Gasteiger partial charge in [-0.1, -0.05) is 25.8 Å². The minimum absolute atomic E-state index is 0.147. The Bertz CT molecular complexity index is 141. The maximum Gasteiger partial charge on any atom is 0.156 e. The molecule has 0 saturated carbocycles. The summed E-state index contributed by atoms with van der Waals surface area (Å²) in [7, 11) is 0. The lowest BCUT2D eigenvalue weighted by Gasteiger charge is -1.91. The van der Waals surface area contributed by atoms with Gasteiger partial charge in [0, 0.05) is 6.42 Å². The molecule has 0 aromatic heterocycles. The number of carbonyl (C=O) groups is 1. The first-order chi connectivity index (χ1) is 5.81. The van der Waals surface area contributed by atoms with E-state index in [1.54, 1.807) is 6.08 Å². The zero-order valence-corrected chi connectivity index (χ0v) is 7.88. The number of hydrogen-bond donors (Lipinski definition) is 1. The van der Waals surface area contributed by atoms with E-state index in [0.29, 0.717) is 13.0 Å². The van der Waals surface area contributed by atoms with E-state index in [2.05, 4.69) is 6.92 Å². The summed E-state index contributed by atoms with van der Waals surface area (Å²) < 4.78 is 0. The van der Waals surface area contributed by atoms with Crippen LogP contribution in [0.1, 0.15) is 39.0 Å². The van der Waals surface area contributed by atoms with Gasteiger partial charge in [-0.3, -0.25) is 4.79 Å². The molecule has 2 N–H and O–H groups in total. The molecule has 0 heterocycles. The van der Waals surface area contributed by atoms with E-state index in [4.69, 9.17) is 5.73 Å². The summed E-state index contributed by atoms with van der Waals surface area (Å²) in [6, 6.07) is 0. The molecule has 0 aliphatic carbocycles. The standard InChI is InChI=1S/C10H19NO/c1-2-3-4-5-6-7-10(12)8-9-11/h6-7H,2-5,8-9,11H2,1H3. The van der Waals surface area contributed by atoms with Gasteiger partial charge in [0.25, 0.3) is 0 Å². The number of hydrogen-bond acceptors (Lipinski definition) is 2. The van der Waals surface area contributed by atoms with E-state index in [9.17, 15) is 4.79 Å². The van der Waals surface area contributed by atoms with Gasteiger partial charge in [0.1, 0.15) is 0 Å². The Hall–Kier alpha value is -0.630. The average molecular weight is 169 g/mol. The highest BCUT2D eigenvalue weighted by Gasteiger charge is 1.91. The highest BCUT2D eigenvalue weighted by molar-refractivity contribution is 5.89. The van der Waals surface area contributed by atoms with Crippen LogP contribution in [0.5, 0.6) is 0 Å². The average Bonchev–Trinajstić information content (AvgIpc) is 2.05. The molecule has 0 rings (SSSR count). The molecule has 0 saturated heterocycles. The molecule has 2 nitrogen and oxygen atoms in total. The molecule has 0 aromatic rings. The smallest absolute Gasteiger partial charge is 0.156 e. The van der Waals surface area contributed by atoms with Crippen LogP contribution in [0.2, 0.25) is 0 Å². The first-order valence-electron chi connectivity index (χ1n) is 4.70. The number of carbonyl (C=O) groups excluding carboxylic acids is 1. The van der Waals surface area contributed by atoms with Gasteiger partial charge >= 0.3 is 0 Å². The second-order valence-electron chi connectivity index (χ2n) is 2.90. The fourth-order valence-electron chi connectivity index (χ4n) is 0.953. The first kappa shape index (κ1) is 11.4. The highest BCUT2D eigenvalue weighted by atomic mass is 16.1. The van der Waals surface area contributed by atoms with Gasteiger partial charge in [0.2, 0.25) is 0 Å². The van der Waals surface area contributed by atoms with E-state index in [0.717, 1.165) is 6.42 Å². The number of rotatable bonds is 7. The molecule has 0 radical (unpaired) electrons. The monoisotopic (exact) mass is 169 g/mol. The summed E-state index contributed by atoms with van der Waals surface area (Å²) >= 11 is 0. The quantitative estimate of drug-likeness (QED) is 0.468. The van der Waals surface area contributed by atoms with Crippen LogP contribution in [-0.4, -0.2) is 12.3 Å². The van der Waals surface area contributed by atoms with Crippen LogP contribution >= 0.6 is 0 Å². The Labute approximate surface area is 74.8 Å². The third kappa shape index (κ3) is 7.48. The van der Waals surface area contributed by atoms with Crippen LogP contribution in [0.15, 0.2) is 12.2 Å². The molecular formula is C10H19NO. The second kappa shape index (κ2) is 8.47. The van der Waals surface area contributed by atoms with Crippen molar-refractivity contribution in [2.45, 2.75) is 39.0 Å². The normalized spacial score (nSPS) is 10.8. The zero-order chi connectivity index (χ0) is 9.23. The van der Waals surface area contributed by atoms with Crippen molar-refractivity contribution in [2.75, 3.05) is 6.54 Å². The van der Waals surface area contributed by atoms with Crippen LogP contribution in [0.4, 0.5) is 0 Å². The zero-order valence-electron chi connectivity index (χ0n) is 7.88. The summed E-state index contributed by atoms with van der Waals surface area (Å²) in [5.41, 5.74) is 5.23. The van der Waals surface area contributed by atoms with Gasteiger partial charge in [0.05, 0.1) is 0 Å². The molecule has 2 heteroatoms. The summed E-state index contributed by atoms with van der Waals surface area (Å²) in [5.74, 6) is 0.147. The highest BCUT2D eigenvalue weighted by Crippen LogP contribution is 1.99. The molecule has 0 fully saturated rings. The predicted molar refractivity (Wildman–Crippen MR) is 52.0 cm³/mol. The van der Waals surface area contributed by atoms with E-state index >= 15 is 0 Å². The van der Waals surface area contributed by atoms with Crippen molar-refractivity contribution >= 4 is 5.78 Å². The number of nitrogens with two attached hydrogens (primary N) is 1. The lowest BCUT2D eigenvalue weighted by Crippen LogP contribution is -2.04. The van der Waals surface area contributed by atoms with Crippen LogP contribution < -0.4 is 5.73 Å². The molecule has 0 unspecified atom stereocenters. The topological polar surface area (TPSA) is 43.1 Å². The van der Waals surface area contributed by atoms with Gasteiger partial charge in [-0.25, -0.2) is 0 Å². The molecule has 12 heavy (non-hydrogen) atoms. The minimum atomic E-state index is 0.147. The number of unbranched alkanes of at least 4 members (excludes halogenated alkanes) is 3. The molecule has 70 valence electrons. The van der Waals surface area contributed by atoms with E-state index in [-0.39, 0.29) is 5.78 Å². The molecule has 0 aliphatic rings. The molecule has 0 bridgehead atoms. The Morgan fingerprint density at radius 2 is 2.17 bits per heavy atom. The molecule has 0 atom stereocenters. The van der Waals surface area contributed by atoms with E-state index < -0.39 is 0 Å². The summed E-state index contributed by atoms with van der Waals surface area (Å²) in [5, 5.41) is 0. The van der Waals surface area contributed by atoms with Gasteiger partial charge in [-0.2, -0.15) is 0 Å². The molecular weight excluding hydrogens is 150 g/mol. The van der Waals surface area contributed by atoms with Crippen molar-refractivity contribution in [1.29, 1.82) is 0 Å². The van der Waals surface area contributed by atoms with Crippen LogP contribution in [0.25, 0.3) is 0 Å². The molecule has 0 amide bonds. The van der Waals surface area contributed by atoms with Crippen LogP contribution in [-0.2, 0) is 4.79 Å². The number of ketones is 1. The van der Waals surface area contributed by atoms with Gasteiger partial charge in [0.15, 0.2) is 5.78 Å². The molecule has 0 aliphatic heterocycles. The van der Waals surface area contributed by atoms with E-state index in [1.165, 1.54) is 19.3 Å². The van der Waals surface area contributed by atoms with Crippen molar-refractivity contribution in [3.8, 4) is 0 Å². The first-order valence-corrected chi connectivity index (χ1v) is 4.70. The van der Waals surface area contributed by atoms with Gasteiger partial charge < -0.3 is 5.73 Å². The van der Waals surface area contributed by atoms with Gasteiger partial charge in [-0.15, -0.1) is 0 Å². The SMILES string of the molecule is CCCCCC=CC(=O)CCN. The molecule has 0 spiro atoms. The molecule has 0 aromatic carbocycles. The fraction of sp³-hybridized carbons (Fsp3) is 0.700. The fourth-order valence-corrected chi connectivity index (χ4v) is 0.953. The van der Waals surface area contributed by atoms with Crippen LogP contribution in [0, 0.1) is 0 Å². The third-order valence-electron chi connectivity index (χ3n) is 1.67.